The molecule has 0 saturated heterocycles. The zero-order chi connectivity index (χ0) is 20.4. The summed E-state index contributed by atoms with van der Waals surface area (Å²) in [5, 5.41) is 6.53. The summed E-state index contributed by atoms with van der Waals surface area (Å²) < 4.78 is 11.9. The molecule has 0 unspecified atom stereocenters. The zero-order valence-corrected chi connectivity index (χ0v) is 17.2. The number of carbonyl (C=O) groups excluding carboxylic acids is 2. The van der Waals surface area contributed by atoms with Crippen molar-refractivity contribution in [3.05, 3.63) is 76.1 Å². The maximum absolute atomic E-state index is 12.8. The van der Waals surface area contributed by atoms with Gasteiger partial charge in [0.2, 0.25) is 0 Å². The van der Waals surface area contributed by atoms with E-state index in [1.807, 2.05) is 36.4 Å². The molecule has 2 amide bonds. The van der Waals surface area contributed by atoms with Crippen LogP contribution >= 0.6 is 15.9 Å². The largest absolute Gasteiger partial charge is 0.489 e. The van der Waals surface area contributed by atoms with Crippen LogP contribution in [-0.4, -0.2) is 36.7 Å². The molecule has 1 aliphatic heterocycles. The number of rotatable bonds is 4. The molecule has 148 valence electrons. The molecule has 0 radical (unpaired) electrons. The van der Waals surface area contributed by atoms with Crippen LogP contribution in [0.2, 0.25) is 0 Å². The Hall–Kier alpha value is -3.13. The van der Waals surface area contributed by atoms with Crippen molar-refractivity contribution in [2.75, 3.05) is 18.6 Å². The third-order valence-electron chi connectivity index (χ3n) is 4.64. The topological polar surface area (TPSA) is 84.7 Å². The minimum Gasteiger partial charge on any atom is -0.489 e. The first kappa shape index (κ1) is 19.2. The average Bonchev–Trinajstić information content (AvgIpc) is 3.15. The molecule has 3 aromatic rings. The summed E-state index contributed by atoms with van der Waals surface area (Å²) in [7, 11) is 1.65. The summed E-state index contributed by atoms with van der Waals surface area (Å²) in [6.07, 6.45) is 0.527. The minimum absolute atomic E-state index is 0.0209. The second-order valence-corrected chi connectivity index (χ2v) is 7.60. The summed E-state index contributed by atoms with van der Waals surface area (Å²) in [5.74, 6) is 0.376. The Morgan fingerprint density at radius 3 is 2.83 bits per heavy atom. The van der Waals surface area contributed by atoms with E-state index in [1.165, 1.54) is 4.90 Å². The van der Waals surface area contributed by atoms with Crippen molar-refractivity contribution < 1.29 is 18.8 Å². The van der Waals surface area contributed by atoms with Crippen LogP contribution in [0, 0.1) is 0 Å². The number of ether oxygens (including phenoxy) is 1. The van der Waals surface area contributed by atoms with Gasteiger partial charge in [-0.1, -0.05) is 51.4 Å². The molecule has 1 aromatic heterocycles. The molecule has 7 nitrogen and oxygen atoms in total. The van der Waals surface area contributed by atoms with Gasteiger partial charge in [0.25, 0.3) is 11.8 Å². The van der Waals surface area contributed by atoms with Crippen LogP contribution in [0.15, 0.2) is 63.6 Å². The molecular formula is C21H18BrN3O4. The monoisotopic (exact) mass is 455 g/mol. The molecule has 8 heteroatoms. The lowest BCUT2D eigenvalue weighted by molar-refractivity contribution is -0.120. The van der Waals surface area contributed by atoms with Gasteiger partial charge in [0.1, 0.15) is 24.2 Å². The number of nitrogens with one attached hydrogen (secondary N) is 1. The number of amides is 2. The van der Waals surface area contributed by atoms with Gasteiger partial charge in [0.05, 0.1) is 5.69 Å². The summed E-state index contributed by atoms with van der Waals surface area (Å²) in [5.41, 5.74) is 1.81. The molecule has 0 spiro atoms. The van der Waals surface area contributed by atoms with Crippen LogP contribution in [0.3, 0.4) is 0 Å². The molecule has 1 aliphatic rings. The number of anilines is 1. The van der Waals surface area contributed by atoms with Gasteiger partial charge in [0.15, 0.2) is 5.69 Å². The number of benzene rings is 2. The van der Waals surface area contributed by atoms with Gasteiger partial charge >= 0.3 is 0 Å². The molecule has 29 heavy (non-hydrogen) atoms. The van der Waals surface area contributed by atoms with Crippen LogP contribution in [0.4, 0.5) is 5.69 Å². The van der Waals surface area contributed by atoms with Crippen LogP contribution in [-0.2, 0) is 11.2 Å². The van der Waals surface area contributed by atoms with Gasteiger partial charge in [-0.25, -0.2) is 0 Å². The number of fused-ring (bicyclic) bond motifs is 1. The molecular weight excluding hydrogens is 438 g/mol. The highest BCUT2D eigenvalue weighted by atomic mass is 79.9. The van der Waals surface area contributed by atoms with E-state index in [-0.39, 0.29) is 18.2 Å². The first-order valence-corrected chi connectivity index (χ1v) is 9.81. The highest BCUT2D eigenvalue weighted by molar-refractivity contribution is 9.10. The van der Waals surface area contributed by atoms with Crippen molar-refractivity contribution >= 4 is 33.4 Å². The predicted octanol–water partition coefficient (Wildman–Crippen LogP) is 3.18. The standard InChI is InChI=1S/C21H18BrN3O4/c1-25-18-8-7-14(22)10-19(18)28-12-17(21(25)27)23-20(26)16-11-15(29-24-16)9-13-5-3-2-4-6-13/h2-8,10-11,17H,9,12H2,1H3,(H,23,26)/t17-/m0/s1. The molecule has 0 saturated carbocycles. The highest BCUT2D eigenvalue weighted by Gasteiger charge is 2.31. The van der Waals surface area contributed by atoms with E-state index in [1.54, 1.807) is 25.2 Å². The Morgan fingerprint density at radius 2 is 2.03 bits per heavy atom. The Kier molecular flexibility index (Phi) is 5.35. The first-order valence-electron chi connectivity index (χ1n) is 9.01. The second-order valence-electron chi connectivity index (χ2n) is 6.69. The summed E-state index contributed by atoms with van der Waals surface area (Å²) in [4.78, 5) is 26.9. The number of halogens is 1. The molecule has 2 heterocycles. The lowest BCUT2D eigenvalue weighted by atomic mass is 10.1. The summed E-state index contributed by atoms with van der Waals surface area (Å²) >= 11 is 3.39. The quantitative estimate of drug-likeness (QED) is 0.652. The number of hydrogen-bond acceptors (Lipinski definition) is 5. The van der Waals surface area contributed by atoms with Crippen molar-refractivity contribution in [1.29, 1.82) is 0 Å². The van der Waals surface area contributed by atoms with Crippen molar-refractivity contribution in [1.82, 2.24) is 10.5 Å². The molecule has 2 aromatic carbocycles. The number of hydrogen-bond donors (Lipinski definition) is 1. The molecule has 4 rings (SSSR count). The summed E-state index contributed by atoms with van der Waals surface area (Å²) in [6, 6.07) is 15.9. The van der Waals surface area contributed by atoms with Gasteiger partial charge in [-0.15, -0.1) is 0 Å². The van der Waals surface area contributed by atoms with Crippen molar-refractivity contribution in [3.8, 4) is 5.75 Å². The third-order valence-corrected chi connectivity index (χ3v) is 5.13. The highest BCUT2D eigenvalue weighted by Crippen LogP contribution is 2.33. The Balaban J connectivity index is 1.45. The maximum Gasteiger partial charge on any atom is 0.274 e. The van der Waals surface area contributed by atoms with E-state index in [2.05, 4.69) is 26.4 Å². The van der Waals surface area contributed by atoms with E-state index in [0.29, 0.717) is 23.6 Å². The van der Waals surface area contributed by atoms with E-state index < -0.39 is 11.9 Å². The van der Waals surface area contributed by atoms with E-state index in [4.69, 9.17) is 9.26 Å². The molecule has 0 fully saturated rings. The number of nitrogens with zero attached hydrogens (tertiary/aromatic N) is 2. The van der Waals surface area contributed by atoms with Gasteiger partial charge in [-0.05, 0) is 23.8 Å². The smallest absolute Gasteiger partial charge is 0.274 e. The predicted molar refractivity (Wildman–Crippen MR) is 110 cm³/mol. The van der Waals surface area contributed by atoms with Gasteiger partial charge < -0.3 is 19.5 Å². The lowest BCUT2D eigenvalue weighted by Gasteiger charge is -2.20. The molecule has 0 bridgehead atoms. The van der Waals surface area contributed by atoms with Gasteiger partial charge in [-0.2, -0.15) is 0 Å². The summed E-state index contributed by atoms with van der Waals surface area (Å²) in [6.45, 7) is 0.0209. The Morgan fingerprint density at radius 1 is 1.24 bits per heavy atom. The van der Waals surface area contributed by atoms with Crippen LogP contribution in [0.1, 0.15) is 21.8 Å². The van der Waals surface area contributed by atoms with E-state index in [0.717, 1.165) is 10.0 Å². The molecule has 0 aliphatic carbocycles. The molecule has 1 N–H and O–H groups in total. The zero-order valence-electron chi connectivity index (χ0n) is 15.6. The number of aromatic nitrogens is 1. The van der Waals surface area contributed by atoms with E-state index in [9.17, 15) is 9.59 Å². The van der Waals surface area contributed by atoms with Crippen molar-refractivity contribution in [2.45, 2.75) is 12.5 Å². The Bertz CT molecular complexity index is 1050. The number of carbonyl (C=O) groups is 2. The van der Waals surface area contributed by atoms with Crippen LogP contribution in [0.25, 0.3) is 0 Å². The van der Waals surface area contributed by atoms with Gasteiger partial charge in [-0.3, -0.25) is 9.59 Å². The normalized spacial score (nSPS) is 16.0. The van der Waals surface area contributed by atoms with Crippen molar-refractivity contribution in [3.63, 3.8) is 0 Å². The van der Waals surface area contributed by atoms with E-state index >= 15 is 0 Å². The maximum atomic E-state index is 12.8. The fourth-order valence-corrected chi connectivity index (χ4v) is 3.45. The van der Waals surface area contributed by atoms with Crippen LogP contribution in [0.5, 0.6) is 5.75 Å². The van der Waals surface area contributed by atoms with Gasteiger partial charge in [0, 0.05) is 24.0 Å². The lowest BCUT2D eigenvalue weighted by Crippen LogP contribution is -2.49. The average molecular weight is 456 g/mol. The second kappa shape index (κ2) is 8.08. The Labute approximate surface area is 175 Å². The SMILES string of the molecule is CN1C(=O)[C@@H](NC(=O)c2cc(Cc3ccccc3)on2)COc2cc(Br)ccc21. The van der Waals surface area contributed by atoms with Crippen LogP contribution < -0.4 is 15.0 Å². The third kappa shape index (κ3) is 4.17. The molecule has 1 atom stereocenters. The fraction of sp³-hybridized carbons (Fsp3) is 0.190. The first-order chi connectivity index (χ1) is 14.0. The minimum atomic E-state index is -0.840. The number of likely N-dealkylation sites (N-methyl/N-ethyl adjacent to an activating group) is 1. The fourth-order valence-electron chi connectivity index (χ4n) is 3.11. The van der Waals surface area contributed by atoms with Crippen molar-refractivity contribution in [2.24, 2.45) is 0 Å².